The quantitative estimate of drug-likeness (QED) is 0.917. The highest BCUT2D eigenvalue weighted by Crippen LogP contribution is 2.48. The SMILES string of the molecule is O=C(Nc1cccnc1)C1(c2ccc(F)cc2)CC1. The van der Waals surface area contributed by atoms with E-state index >= 15 is 0 Å². The summed E-state index contributed by atoms with van der Waals surface area (Å²) in [7, 11) is 0. The van der Waals surface area contributed by atoms with Gasteiger partial charge in [-0.1, -0.05) is 12.1 Å². The normalized spacial score (nSPS) is 15.8. The van der Waals surface area contributed by atoms with Gasteiger partial charge in [-0.25, -0.2) is 4.39 Å². The number of amides is 1. The van der Waals surface area contributed by atoms with Gasteiger partial charge in [-0.2, -0.15) is 0 Å². The van der Waals surface area contributed by atoms with E-state index in [-0.39, 0.29) is 11.7 Å². The first-order valence-electron chi connectivity index (χ1n) is 6.18. The van der Waals surface area contributed by atoms with Crippen LogP contribution in [0.25, 0.3) is 0 Å². The van der Waals surface area contributed by atoms with E-state index in [1.165, 1.54) is 12.1 Å². The monoisotopic (exact) mass is 256 g/mol. The summed E-state index contributed by atoms with van der Waals surface area (Å²) in [6.07, 6.45) is 4.86. The molecule has 1 saturated carbocycles. The van der Waals surface area contributed by atoms with Crippen LogP contribution in [0.4, 0.5) is 10.1 Å². The van der Waals surface area contributed by atoms with Crippen molar-refractivity contribution in [1.82, 2.24) is 4.98 Å². The van der Waals surface area contributed by atoms with Crippen LogP contribution in [-0.2, 0) is 10.2 Å². The largest absolute Gasteiger partial charge is 0.324 e. The molecule has 96 valence electrons. The van der Waals surface area contributed by atoms with Gasteiger partial charge in [-0.05, 0) is 42.7 Å². The molecule has 19 heavy (non-hydrogen) atoms. The van der Waals surface area contributed by atoms with Gasteiger partial charge >= 0.3 is 0 Å². The first kappa shape index (κ1) is 11.8. The number of benzene rings is 1. The number of nitrogens with zero attached hydrogens (tertiary/aromatic N) is 1. The van der Waals surface area contributed by atoms with Gasteiger partial charge in [0.25, 0.3) is 0 Å². The Morgan fingerprint density at radius 1 is 1.21 bits per heavy atom. The molecule has 1 N–H and O–H groups in total. The summed E-state index contributed by atoms with van der Waals surface area (Å²) in [5.41, 5.74) is 1.06. The summed E-state index contributed by atoms with van der Waals surface area (Å²) in [6.45, 7) is 0. The fourth-order valence-corrected chi connectivity index (χ4v) is 2.23. The number of hydrogen-bond donors (Lipinski definition) is 1. The van der Waals surface area contributed by atoms with E-state index in [9.17, 15) is 9.18 Å². The van der Waals surface area contributed by atoms with E-state index in [1.54, 1.807) is 36.7 Å². The van der Waals surface area contributed by atoms with Gasteiger partial charge in [0.05, 0.1) is 17.3 Å². The number of pyridine rings is 1. The Morgan fingerprint density at radius 3 is 2.53 bits per heavy atom. The highest BCUT2D eigenvalue weighted by molar-refractivity contribution is 6.01. The number of nitrogens with one attached hydrogen (secondary N) is 1. The first-order valence-corrected chi connectivity index (χ1v) is 6.18. The zero-order chi connectivity index (χ0) is 13.3. The smallest absolute Gasteiger partial charge is 0.235 e. The molecule has 1 heterocycles. The lowest BCUT2D eigenvalue weighted by molar-refractivity contribution is -0.118. The number of carbonyl (C=O) groups is 1. The van der Waals surface area contributed by atoms with Crippen LogP contribution >= 0.6 is 0 Å². The molecule has 0 radical (unpaired) electrons. The molecule has 0 unspecified atom stereocenters. The lowest BCUT2D eigenvalue weighted by atomic mass is 9.95. The molecule has 1 fully saturated rings. The van der Waals surface area contributed by atoms with Gasteiger partial charge in [-0.3, -0.25) is 9.78 Å². The molecule has 1 aromatic heterocycles. The van der Waals surface area contributed by atoms with Crippen LogP contribution in [0.2, 0.25) is 0 Å². The summed E-state index contributed by atoms with van der Waals surface area (Å²) in [6, 6.07) is 9.73. The van der Waals surface area contributed by atoms with Crippen LogP contribution in [0.3, 0.4) is 0 Å². The van der Waals surface area contributed by atoms with E-state index in [1.807, 2.05) is 0 Å². The molecule has 0 spiro atoms. The molecule has 0 saturated heterocycles. The number of hydrogen-bond acceptors (Lipinski definition) is 2. The van der Waals surface area contributed by atoms with Gasteiger partial charge in [0, 0.05) is 6.20 Å². The van der Waals surface area contributed by atoms with Crippen LogP contribution in [0.15, 0.2) is 48.8 Å². The molecule has 1 aliphatic carbocycles. The molecule has 3 nitrogen and oxygen atoms in total. The number of carbonyl (C=O) groups excluding carboxylic acids is 1. The summed E-state index contributed by atoms with van der Waals surface area (Å²) in [5.74, 6) is -0.334. The fraction of sp³-hybridized carbons (Fsp3) is 0.200. The minimum absolute atomic E-state index is 0.0490. The van der Waals surface area contributed by atoms with E-state index in [4.69, 9.17) is 0 Å². The molecular weight excluding hydrogens is 243 g/mol. The summed E-state index contributed by atoms with van der Waals surface area (Å²) >= 11 is 0. The molecule has 0 aliphatic heterocycles. The van der Waals surface area contributed by atoms with Crippen molar-refractivity contribution < 1.29 is 9.18 Å². The predicted molar refractivity (Wildman–Crippen MR) is 70.2 cm³/mol. The summed E-state index contributed by atoms with van der Waals surface area (Å²) in [4.78, 5) is 16.3. The van der Waals surface area contributed by atoms with Crippen LogP contribution < -0.4 is 5.32 Å². The molecule has 1 amide bonds. The Balaban J connectivity index is 1.81. The van der Waals surface area contributed by atoms with Crippen LogP contribution in [-0.4, -0.2) is 10.9 Å². The van der Waals surface area contributed by atoms with Gasteiger partial charge in [0.2, 0.25) is 5.91 Å². The third-order valence-electron chi connectivity index (χ3n) is 3.50. The summed E-state index contributed by atoms with van der Waals surface area (Å²) < 4.78 is 12.9. The van der Waals surface area contributed by atoms with Crippen LogP contribution in [0.1, 0.15) is 18.4 Å². The minimum Gasteiger partial charge on any atom is -0.324 e. The fourth-order valence-electron chi connectivity index (χ4n) is 2.23. The lowest BCUT2D eigenvalue weighted by Crippen LogP contribution is -2.27. The number of halogens is 1. The molecule has 1 aromatic carbocycles. The van der Waals surface area contributed by atoms with Crippen molar-refractivity contribution in [1.29, 1.82) is 0 Å². The molecular formula is C15H13FN2O. The maximum Gasteiger partial charge on any atom is 0.235 e. The molecule has 4 heteroatoms. The third-order valence-corrected chi connectivity index (χ3v) is 3.50. The zero-order valence-electron chi connectivity index (χ0n) is 10.3. The second kappa shape index (κ2) is 4.46. The van der Waals surface area contributed by atoms with Crippen molar-refractivity contribution in [2.75, 3.05) is 5.32 Å². The van der Waals surface area contributed by atoms with Gasteiger partial charge in [0.1, 0.15) is 5.82 Å². The van der Waals surface area contributed by atoms with Crippen molar-refractivity contribution in [2.24, 2.45) is 0 Å². The highest BCUT2D eigenvalue weighted by atomic mass is 19.1. The van der Waals surface area contributed by atoms with Crippen LogP contribution in [0, 0.1) is 5.82 Å². The second-order valence-electron chi connectivity index (χ2n) is 4.78. The first-order chi connectivity index (χ1) is 9.21. The van der Waals surface area contributed by atoms with E-state index in [2.05, 4.69) is 10.3 Å². The lowest BCUT2D eigenvalue weighted by Gasteiger charge is -2.15. The third kappa shape index (κ3) is 2.21. The van der Waals surface area contributed by atoms with Gasteiger partial charge in [-0.15, -0.1) is 0 Å². The maximum atomic E-state index is 12.9. The Kier molecular flexibility index (Phi) is 2.78. The molecule has 2 aromatic rings. The topological polar surface area (TPSA) is 42.0 Å². The van der Waals surface area contributed by atoms with Gasteiger partial charge in [0.15, 0.2) is 0 Å². The van der Waals surface area contributed by atoms with E-state index < -0.39 is 5.41 Å². The Hall–Kier alpha value is -2.23. The molecule has 3 rings (SSSR count). The average molecular weight is 256 g/mol. The maximum absolute atomic E-state index is 12.9. The molecule has 0 bridgehead atoms. The predicted octanol–water partition coefficient (Wildman–Crippen LogP) is 2.89. The Bertz CT molecular complexity index is 591. The Morgan fingerprint density at radius 2 is 1.95 bits per heavy atom. The summed E-state index contributed by atoms with van der Waals surface area (Å²) in [5, 5.41) is 2.86. The van der Waals surface area contributed by atoms with Crippen molar-refractivity contribution in [3.63, 3.8) is 0 Å². The van der Waals surface area contributed by atoms with Crippen molar-refractivity contribution in [2.45, 2.75) is 18.3 Å². The second-order valence-corrected chi connectivity index (χ2v) is 4.78. The number of rotatable bonds is 3. The van der Waals surface area contributed by atoms with Crippen molar-refractivity contribution >= 4 is 11.6 Å². The highest BCUT2D eigenvalue weighted by Gasteiger charge is 2.51. The number of aromatic nitrogens is 1. The average Bonchev–Trinajstić information content (AvgIpc) is 3.22. The van der Waals surface area contributed by atoms with Crippen LogP contribution in [0.5, 0.6) is 0 Å². The molecule has 0 atom stereocenters. The zero-order valence-corrected chi connectivity index (χ0v) is 10.3. The Labute approximate surface area is 110 Å². The minimum atomic E-state index is -0.496. The standard InChI is InChI=1S/C15H13FN2O/c16-12-5-3-11(4-6-12)15(7-8-15)14(19)18-13-2-1-9-17-10-13/h1-6,9-10H,7-8H2,(H,18,19). The van der Waals surface area contributed by atoms with E-state index in [0.717, 1.165) is 18.4 Å². The molecule has 1 aliphatic rings. The van der Waals surface area contributed by atoms with Crippen molar-refractivity contribution in [3.05, 3.63) is 60.2 Å². The van der Waals surface area contributed by atoms with Gasteiger partial charge < -0.3 is 5.32 Å². The number of anilines is 1. The van der Waals surface area contributed by atoms with Crippen molar-refractivity contribution in [3.8, 4) is 0 Å². The van der Waals surface area contributed by atoms with E-state index in [0.29, 0.717) is 5.69 Å².